The summed E-state index contributed by atoms with van der Waals surface area (Å²) in [6.07, 6.45) is 5.15. The van der Waals surface area contributed by atoms with Crippen LogP contribution in [-0.2, 0) is 11.2 Å². The molecule has 24 heavy (non-hydrogen) atoms. The summed E-state index contributed by atoms with van der Waals surface area (Å²) >= 11 is 6.12. The van der Waals surface area contributed by atoms with Crippen LogP contribution < -0.4 is 5.32 Å². The molecule has 0 radical (unpaired) electrons. The Kier molecular flexibility index (Phi) is 3.78. The number of aryl methyl sites for hydroxylation is 1. The molecule has 120 valence electrons. The first-order valence-corrected chi connectivity index (χ1v) is 8.15. The van der Waals surface area contributed by atoms with Gasteiger partial charge in [0.25, 0.3) is 0 Å². The van der Waals surface area contributed by atoms with Crippen molar-refractivity contribution in [3.05, 3.63) is 71.0 Å². The SMILES string of the molecule is O=C(Nc1ccn(-c2ncccc2Cl)n1)C1CCc2ccccc21. The maximum atomic E-state index is 12.6. The summed E-state index contributed by atoms with van der Waals surface area (Å²) in [5, 5.41) is 7.74. The summed E-state index contributed by atoms with van der Waals surface area (Å²) < 4.78 is 1.56. The number of rotatable bonds is 3. The highest BCUT2D eigenvalue weighted by Gasteiger charge is 2.28. The van der Waals surface area contributed by atoms with Crippen LogP contribution in [0.25, 0.3) is 5.82 Å². The molecule has 0 spiro atoms. The van der Waals surface area contributed by atoms with Crippen LogP contribution in [0.2, 0.25) is 5.02 Å². The van der Waals surface area contributed by atoms with Crippen LogP contribution >= 0.6 is 11.6 Å². The molecule has 2 heterocycles. The van der Waals surface area contributed by atoms with Crippen molar-refractivity contribution in [2.75, 3.05) is 5.32 Å². The Morgan fingerprint density at radius 2 is 2.08 bits per heavy atom. The number of carbonyl (C=O) groups excluding carboxylic acids is 1. The molecule has 1 amide bonds. The predicted octanol–water partition coefficient (Wildman–Crippen LogP) is 3.59. The van der Waals surface area contributed by atoms with Crippen LogP contribution in [0.1, 0.15) is 23.5 Å². The van der Waals surface area contributed by atoms with Crippen LogP contribution in [0.15, 0.2) is 54.9 Å². The van der Waals surface area contributed by atoms with Gasteiger partial charge in [0.2, 0.25) is 5.91 Å². The fourth-order valence-corrected chi connectivity index (χ4v) is 3.31. The summed E-state index contributed by atoms with van der Waals surface area (Å²) in [7, 11) is 0. The molecule has 1 aromatic carbocycles. The lowest BCUT2D eigenvalue weighted by Gasteiger charge is -2.10. The topological polar surface area (TPSA) is 59.8 Å². The maximum absolute atomic E-state index is 12.6. The van der Waals surface area contributed by atoms with Crippen molar-refractivity contribution in [1.29, 1.82) is 0 Å². The minimum absolute atomic E-state index is 0.0303. The zero-order chi connectivity index (χ0) is 16.5. The van der Waals surface area contributed by atoms with E-state index in [1.165, 1.54) is 5.56 Å². The molecule has 1 aliphatic rings. The number of nitrogens with zero attached hydrogens (tertiary/aromatic N) is 3. The van der Waals surface area contributed by atoms with E-state index in [1.54, 1.807) is 35.3 Å². The van der Waals surface area contributed by atoms with Crippen LogP contribution in [0.4, 0.5) is 5.82 Å². The van der Waals surface area contributed by atoms with Crippen LogP contribution in [0, 0.1) is 0 Å². The summed E-state index contributed by atoms with van der Waals surface area (Å²) in [5.41, 5.74) is 2.37. The van der Waals surface area contributed by atoms with Gasteiger partial charge in [0.05, 0.1) is 10.9 Å². The van der Waals surface area contributed by atoms with Crippen molar-refractivity contribution in [3.63, 3.8) is 0 Å². The molecule has 5 nitrogen and oxygen atoms in total. The van der Waals surface area contributed by atoms with Gasteiger partial charge in [0, 0.05) is 18.5 Å². The Hall–Kier alpha value is -2.66. The van der Waals surface area contributed by atoms with Crippen molar-refractivity contribution in [3.8, 4) is 5.82 Å². The Morgan fingerprint density at radius 1 is 1.21 bits per heavy atom. The van der Waals surface area contributed by atoms with Crippen LogP contribution in [0.5, 0.6) is 0 Å². The molecule has 6 heteroatoms. The van der Waals surface area contributed by atoms with E-state index < -0.39 is 0 Å². The second-order valence-electron chi connectivity index (χ2n) is 5.73. The highest BCUT2D eigenvalue weighted by molar-refractivity contribution is 6.32. The Bertz CT molecular complexity index is 905. The van der Waals surface area contributed by atoms with E-state index in [4.69, 9.17) is 11.6 Å². The first-order valence-electron chi connectivity index (χ1n) is 7.77. The molecular weight excluding hydrogens is 324 g/mol. The Balaban J connectivity index is 1.53. The molecule has 0 saturated heterocycles. The average Bonchev–Trinajstić information content (AvgIpc) is 3.22. The zero-order valence-corrected chi connectivity index (χ0v) is 13.6. The molecule has 0 saturated carbocycles. The van der Waals surface area contributed by atoms with E-state index in [2.05, 4.69) is 21.5 Å². The van der Waals surface area contributed by atoms with E-state index in [0.717, 1.165) is 18.4 Å². The van der Waals surface area contributed by atoms with Crippen molar-refractivity contribution in [2.24, 2.45) is 0 Å². The number of fused-ring (bicyclic) bond motifs is 1. The molecule has 4 rings (SSSR count). The van der Waals surface area contributed by atoms with Gasteiger partial charge in [-0.15, -0.1) is 5.10 Å². The third-order valence-electron chi connectivity index (χ3n) is 4.25. The molecule has 1 unspecified atom stereocenters. The lowest BCUT2D eigenvalue weighted by atomic mass is 10.0. The number of aromatic nitrogens is 3. The average molecular weight is 339 g/mol. The normalized spacial score (nSPS) is 16.0. The fraction of sp³-hybridized carbons (Fsp3) is 0.167. The molecular formula is C18H15ClN4O. The number of pyridine rings is 1. The van der Waals surface area contributed by atoms with E-state index >= 15 is 0 Å². The second-order valence-corrected chi connectivity index (χ2v) is 6.14. The lowest BCUT2D eigenvalue weighted by molar-refractivity contribution is -0.117. The zero-order valence-electron chi connectivity index (χ0n) is 12.8. The number of benzene rings is 1. The third kappa shape index (κ3) is 2.67. The monoisotopic (exact) mass is 338 g/mol. The number of carbonyl (C=O) groups is 1. The molecule has 2 aromatic heterocycles. The van der Waals surface area contributed by atoms with Gasteiger partial charge in [0.1, 0.15) is 0 Å². The van der Waals surface area contributed by atoms with E-state index in [-0.39, 0.29) is 11.8 Å². The Labute approximate surface area is 144 Å². The minimum Gasteiger partial charge on any atom is -0.309 e. The summed E-state index contributed by atoms with van der Waals surface area (Å²) in [6.45, 7) is 0. The highest BCUT2D eigenvalue weighted by atomic mass is 35.5. The molecule has 0 aliphatic heterocycles. The molecule has 3 aromatic rings. The van der Waals surface area contributed by atoms with Gasteiger partial charge in [0.15, 0.2) is 11.6 Å². The highest BCUT2D eigenvalue weighted by Crippen LogP contribution is 2.33. The summed E-state index contributed by atoms with van der Waals surface area (Å²) in [5.74, 6) is 0.874. The van der Waals surface area contributed by atoms with Crippen LogP contribution in [-0.4, -0.2) is 20.7 Å². The first kappa shape index (κ1) is 14.9. The van der Waals surface area contributed by atoms with Crippen molar-refractivity contribution in [1.82, 2.24) is 14.8 Å². The van der Waals surface area contributed by atoms with Gasteiger partial charge in [-0.05, 0) is 36.1 Å². The molecule has 1 atom stereocenters. The van der Waals surface area contributed by atoms with Crippen molar-refractivity contribution in [2.45, 2.75) is 18.8 Å². The fourth-order valence-electron chi connectivity index (χ4n) is 3.10. The van der Waals surface area contributed by atoms with Gasteiger partial charge in [-0.3, -0.25) is 4.79 Å². The molecule has 0 fully saturated rings. The number of hydrogen-bond donors (Lipinski definition) is 1. The van der Waals surface area contributed by atoms with Gasteiger partial charge in [-0.1, -0.05) is 35.9 Å². The van der Waals surface area contributed by atoms with E-state index in [9.17, 15) is 4.79 Å². The first-order chi connectivity index (χ1) is 11.7. The maximum Gasteiger partial charge on any atom is 0.233 e. The van der Waals surface area contributed by atoms with E-state index in [1.807, 2.05) is 18.2 Å². The minimum atomic E-state index is -0.121. The molecule has 1 aliphatic carbocycles. The summed E-state index contributed by atoms with van der Waals surface area (Å²) in [6, 6.07) is 13.3. The smallest absolute Gasteiger partial charge is 0.233 e. The lowest BCUT2D eigenvalue weighted by Crippen LogP contribution is -2.19. The van der Waals surface area contributed by atoms with Gasteiger partial charge >= 0.3 is 0 Å². The number of hydrogen-bond acceptors (Lipinski definition) is 3. The Morgan fingerprint density at radius 3 is 2.96 bits per heavy atom. The number of anilines is 1. The number of halogens is 1. The standard InChI is InChI=1S/C18H15ClN4O/c19-15-6-3-10-20-17(15)23-11-9-16(22-23)21-18(24)14-8-7-12-4-1-2-5-13(12)14/h1-6,9-11,14H,7-8H2,(H,21,22,24). The second kappa shape index (κ2) is 6.09. The van der Waals surface area contributed by atoms with Crippen molar-refractivity contribution < 1.29 is 4.79 Å². The van der Waals surface area contributed by atoms with Crippen LogP contribution in [0.3, 0.4) is 0 Å². The van der Waals surface area contributed by atoms with Gasteiger partial charge in [-0.2, -0.15) is 0 Å². The van der Waals surface area contributed by atoms with Gasteiger partial charge in [-0.25, -0.2) is 9.67 Å². The van der Waals surface area contributed by atoms with Gasteiger partial charge < -0.3 is 5.32 Å². The molecule has 1 N–H and O–H groups in total. The largest absolute Gasteiger partial charge is 0.309 e. The molecule has 0 bridgehead atoms. The van der Waals surface area contributed by atoms with E-state index in [0.29, 0.717) is 16.7 Å². The third-order valence-corrected chi connectivity index (χ3v) is 4.54. The predicted molar refractivity (Wildman–Crippen MR) is 92.5 cm³/mol. The number of nitrogens with one attached hydrogen (secondary N) is 1. The summed E-state index contributed by atoms with van der Waals surface area (Å²) in [4.78, 5) is 16.8. The van der Waals surface area contributed by atoms with Crippen molar-refractivity contribution >= 4 is 23.3 Å². The quantitative estimate of drug-likeness (QED) is 0.794. The number of amides is 1.